The van der Waals surface area contributed by atoms with E-state index in [-0.39, 0.29) is 5.82 Å². The van der Waals surface area contributed by atoms with Gasteiger partial charge in [-0.25, -0.2) is 14.4 Å². The second-order valence-corrected chi connectivity index (χ2v) is 3.87. The zero-order valence-electron chi connectivity index (χ0n) is 7.82. The van der Waals surface area contributed by atoms with Crippen LogP contribution in [0.5, 0.6) is 0 Å². The van der Waals surface area contributed by atoms with Crippen LogP contribution in [0, 0.1) is 5.82 Å². The van der Waals surface area contributed by atoms with Gasteiger partial charge < -0.3 is 0 Å². The first-order valence-electron chi connectivity index (χ1n) is 4.45. The van der Waals surface area contributed by atoms with E-state index in [0.717, 1.165) is 11.1 Å². The van der Waals surface area contributed by atoms with Crippen LogP contribution in [-0.4, -0.2) is 9.97 Å². The number of rotatable bonds is 2. The Kier molecular flexibility index (Phi) is 3.06. The molecule has 0 saturated carbocycles. The smallest absolute Gasteiger partial charge is 0.196 e. The van der Waals surface area contributed by atoms with Gasteiger partial charge in [-0.05, 0) is 39.2 Å². The lowest BCUT2D eigenvalue weighted by Gasteiger charge is -2.00. The molecule has 0 aliphatic rings. The minimum Gasteiger partial charge on any atom is -0.230 e. The largest absolute Gasteiger partial charge is 0.230 e. The number of nitrogens with zero attached hydrogens (tertiary/aromatic N) is 2. The summed E-state index contributed by atoms with van der Waals surface area (Å²) in [5, 5.41) is 0. The molecular weight excluding hydrogens is 259 g/mol. The quantitative estimate of drug-likeness (QED) is 0.782. The van der Waals surface area contributed by atoms with Crippen LogP contribution >= 0.6 is 15.9 Å². The SMILES string of the molecule is Fc1ccc(Cc2cnc(Br)nc2)cc1. The summed E-state index contributed by atoms with van der Waals surface area (Å²) in [6, 6.07) is 6.43. The molecule has 4 heteroatoms. The van der Waals surface area contributed by atoms with Crippen LogP contribution in [0.15, 0.2) is 41.4 Å². The molecule has 0 radical (unpaired) electrons. The van der Waals surface area contributed by atoms with Crippen molar-refractivity contribution in [2.45, 2.75) is 6.42 Å². The standard InChI is InChI=1S/C11H8BrFN2/c12-11-14-6-9(7-15-11)5-8-1-3-10(13)4-2-8/h1-4,6-7H,5H2. The molecule has 2 rings (SSSR count). The Morgan fingerprint density at radius 1 is 1.00 bits per heavy atom. The summed E-state index contributed by atoms with van der Waals surface area (Å²) in [6.45, 7) is 0. The highest BCUT2D eigenvalue weighted by Crippen LogP contribution is 2.10. The summed E-state index contributed by atoms with van der Waals surface area (Å²) in [4.78, 5) is 8.05. The molecule has 0 saturated heterocycles. The molecule has 76 valence electrons. The Labute approximate surface area is 95.3 Å². The first-order chi connectivity index (χ1) is 7.24. The predicted molar refractivity (Wildman–Crippen MR) is 58.9 cm³/mol. The van der Waals surface area contributed by atoms with Crippen molar-refractivity contribution in [2.24, 2.45) is 0 Å². The van der Waals surface area contributed by atoms with Gasteiger partial charge in [-0.3, -0.25) is 0 Å². The van der Waals surface area contributed by atoms with Crippen molar-refractivity contribution < 1.29 is 4.39 Å². The summed E-state index contributed by atoms with van der Waals surface area (Å²) in [6.07, 6.45) is 4.22. The molecule has 2 aromatic rings. The summed E-state index contributed by atoms with van der Waals surface area (Å²) >= 11 is 3.17. The predicted octanol–water partition coefficient (Wildman–Crippen LogP) is 2.97. The summed E-state index contributed by atoms with van der Waals surface area (Å²) in [7, 11) is 0. The van der Waals surface area contributed by atoms with E-state index < -0.39 is 0 Å². The first-order valence-corrected chi connectivity index (χ1v) is 5.24. The highest BCUT2D eigenvalue weighted by Gasteiger charge is 1.98. The van der Waals surface area contributed by atoms with Crippen LogP contribution in [0.1, 0.15) is 11.1 Å². The zero-order chi connectivity index (χ0) is 10.7. The molecule has 1 aromatic carbocycles. The number of hydrogen-bond acceptors (Lipinski definition) is 2. The Morgan fingerprint density at radius 2 is 1.60 bits per heavy atom. The maximum atomic E-state index is 12.6. The van der Waals surface area contributed by atoms with Crippen molar-refractivity contribution in [3.63, 3.8) is 0 Å². The number of halogens is 2. The number of hydrogen-bond donors (Lipinski definition) is 0. The molecule has 0 N–H and O–H groups in total. The fraction of sp³-hybridized carbons (Fsp3) is 0.0909. The van der Waals surface area contributed by atoms with Crippen LogP contribution in [0.4, 0.5) is 4.39 Å². The lowest BCUT2D eigenvalue weighted by Crippen LogP contribution is -1.91. The minimum atomic E-state index is -0.217. The van der Waals surface area contributed by atoms with Gasteiger partial charge in [0.1, 0.15) is 5.82 Å². The molecule has 0 atom stereocenters. The molecule has 0 aliphatic heterocycles. The van der Waals surface area contributed by atoms with Gasteiger partial charge >= 0.3 is 0 Å². The van der Waals surface area contributed by atoms with E-state index in [1.54, 1.807) is 24.5 Å². The monoisotopic (exact) mass is 266 g/mol. The second-order valence-electron chi connectivity index (χ2n) is 3.16. The fourth-order valence-electron chi connectivity index (χ4n) is 1.27. The van der Waals surface area contributed by atoms with Crippen LogP contribution in [0.2, 0.25) is 0 Å². The van der Waals surface area contributed by atoms with E-state index in [0.29, 0.717) is 11.2 Å². The third kappa shape index (κ3) is 2.83. The van der Waals surface area contributed by atoms with Gasteiger partial charge in [0, 0.05) is 18.8 Å². The number of aromatic nitrogens is 2. The van der Waals surface area contributed by atoms with Gasteiger partial charge in [0.05, 0.1) is 0 Å². The lowest BCUT2D eigenvalue weighted by molar-refractivity contribution is 0.627. The van der Waals surface area contributed by atoms with Crippen molar-refractivity contribution in [1.29, 1.82) is 0 Å². The van der Waals surface area contributed by atoms with Crippen LogP contribution in [-0.2, 0) is 6.42 Å². The first kappa shape index (κ1) is 10.2. The molecule has 2 nitrogen and oxygen atoms in total. The topological polar surface area (TPSA) is 25.8 Å². The molecule has 0 unspecified atom stereocenters. The van der Waals surface area contributed by atoms with Gasteiger partial charge in [-0.15, -0.1) is 0 Å². The Bertz CT molecular complexity index is 396. The molecule has 0 aliphatic carbocycles. The average Bonchev–Trinajstić information content (AvgIpc) is 2.25. The van der Waals surface area contributed by atoms with Gasteiger partial charge in [0.15, 0.2) is 4.73 Å². The van der Waals surface area contributed by atoms with Crippen molar-refractivity contribution in [3.8, 4) is 0 Å². The third-order valence-electron chi connectivity index (χ3n) is 2.00. The van der Waals surface area contributed by atoms with E-state index >= 15 is 0 Å². The normalized spacial score (nSPS) is 10.3. The van der Waals surface area contributed by atoms with Crippen LogP contribution in [0.3, 0.4) is 0 Å². The fourth-order valence-corrected chi connectivity index (χ4v) is 1.47. The Hall–Kier alpha value is -1.29. The van der Waals surface area contributed by atoms with Crippen LogP contribution < -0.4 is 0 Å². The molecule has 0 amide bonds. The maximum Gasteiger partial charge on any atom is 0.196 e. The highest BCUT2D eigenvalue weighted by molar-refractivity contribution is 9.10. The zero-order valence-corrected chi connectivity index (χ0v) is 9.41. The third-order valence-corrected chi connectivity index (χ3v) is 2.40. The van der Waals surface area contributed by atoms with E-state index in [2.05, 4.69) is 25.9 Å². The summed E-state index contributed by atoms with van der Waals surface area (Å²) in [5.74, 6) is -0.217. The summed E-state index contributed by atoms with van der Waals surface area (Å²) < 4.78 is 13.2. The van der Waals surface area contributed by atoms with Gasteiger partial charge in [0.2, 0.25) is 0 Å². The molecule has 0 spiro atoms. The van der Waals surface area contributed by atoms with E-state index in [1.165, 1.54) is 12.1 Å². The average molecular weight is 267 g/mol. The Morgan fingerprint density at radius 3 is 2.20 bits per heavy atom. The summed E-state index contributed by atoms with van der Waals surface area (Å²) in [5.41, 5.74) is 2.05. The second kappa shape index (κ2) is 4.49. The molecule has 1 aromatic heterocycles. The van der Waals surface area contributed by atoms with Crippen molar-refractivity contribution in [2.75, 3.05) is 0 Å². The van der Waals surface area contributed by atoms with Crippen molar-refractivity contribution in [1.82, 2.24) is 9.97 Å². The number of benzene rings is 1. The van der Waals surface area contributed by atoms with Gasteiger partial charge in [0.25, 0.3) is 0 Å². The molecular formula is C11H8BrFN2. The van der Waals surface area contributed by atoms with Crippen LogP contribution in [0.25, 0.3) is 0 Å². The van der Waals surface area contributed by atoms with Gasteiger partial charge in [-0.2, -0.15) is 0 Å². The molecule has 1 heterocycles. The lowest BCUT2D eigenvalue weighted by atomic mass is 10.1. The van der Waals surface area contributed by atoms with Crippen molar-refractivity contribution >= 4 is 15.9 Å². The Balaban J connectivity index is 2.15. The highest BCUT2D eigenvalue weighted by atomic mass is 79.9. The maximum absolute atomic E-state index is 12.6. The molecule has 0 bridgehead atoms. The van der Waals surface area contributed by atoms with E-state index in [4.69, 9.17) is 0 Å². The molecule has 15 heavy (non-hydrogen) atoms. The van der Waals surface area contributed by atoms with E-state index in [1.807, 2.05) is 0 Å². The van der Waals surface area contributed by atoms with E-state index in [9.17, 15) is 4.39 Å². The molecule has 0 fully saturated rings. The minimum absolute atomic E-state index is 0.217. The van der Waals surface area contributed by atoms with Gasteiger partial charge in [-0.1, -0.05) is 12.1 Å². The van der Waals surface area contributed by atoms with Crippen molar-refractivity contribution in [3.05, 3.63) is 58.3 Å².